The molecule has 1 aliphatic rings. The number of piperidine rings is 1. The predicted molar refractivity (Wildman–Crippen MR) is 123 cm³/mol. The van der Waals surface area contributed by atoms with E-state index >= 15 is 0 Å². The summed E-state index contributed by atoms with van der Waals surface area (Å²) in [5.74, 6) is 0.243. The quantitative estimate of drug-likeness (QED) is 0.588. The van der Waals surface area contributed by atoms with Crippen LogP contribution in [0.4, 0.5) is 4.79 Å². The summed E-state index contributed by atoms with van der Waals surface area (Å²) in [6.45, 7) is 9.37. The number of likely N-dealkylation sites (tertiary alicyclic amines) is 1. The van der Waals surface area contributed by atoms with Crippen molar-refractivity contribution < 1.29 is 14.3 Å². The lowest BCUT2D eigenvalue weighted by molar-refractivity contribution is 0.0244. The zero-order chi connectivity index (χ0) is 22.1. The van der Waals surface area contributed by atoms with Crippen molar-refractivity contribution in [2.24, 2.45) is 5.92 Å². The van der Waals surface area contributed by atoms with E-state index in [2.05, 4.69) is 4.98 Å². The predicted octanol–water partition coefficient (Wildman–Crippen LogP) is 5.55. The molecule has 0 aromatic carbocycles. The molecular formula is C21H28ClN3O3S2. The number of ether oxygens (including phenoxy) is 1. The number of hydrogen-bond acceptors (Lipinski definition) is 6. The fourth-order valence-electron chi connectivity index (χ4n) is 3.47. The van der Waals surface area contributed by atoms with Gasteiger partial charge in [0.15, 0.2) is 0 Å². The van der Waals surface area contributed by atoms with E-state index in [9.17, 15) is 9.59 Å². The number of aromatic nitrogens is 1. The molecule has 1 fully saturated rings. The first-order valence-electron chi connectivity index (χ1n) is 10.00. The Morgan fingerprint density at radius 3 is 2.70 bits per heavy atom. The van der Waals surface area contributed by atoms with Crippen LogP contribution in [0.2, 0.25) is 4.34 Å². The Kier molecular flexibility index (Phi) is 7.09. The summed E-state index contributed by atoms with van der Waals surface area (Å²) in [7, 11) is 1.75. The zero-order valence-corrected chi connectivity index (χ0v) is 20.4. The number of halogens is 1. The molecule has 6 nitrogen and oxygen atoms in total. The van der Waals surface area contributed by atoms with Gasteiger partial charge in [0.2, 0.25) is 0 Å². The van der Waals surface area contributed by atoms with Gasteiger partial charge in [-0.25, -0.2) is 9.78 Å². The van der Waals surface area contributed by atoms with Gasteiger partial charge < -0.3 is 14.5 Å². The highest BCUT2D eigenvalue weighted by Gasteiger charge is 2.29. The lowest BCUT2D eigenvalue weighted by Gasteiger charge is -2.35. The minimum atomic E-state index is -0.520. The molecule has 30 heavy (non-hydrogen) atoms. The fraction of sp³-hybridized carbons (Fsp3) is 0.571. The van der Waals surface area contributed by atoms with Crippen molar-refractivity contribution in [2.45, 2.75) is 46.1 Å². The molecular weight excluding hydrogens is 442 g/mol. The van der Waals surface area contributed by atoms with Crippen molar-refractivity contribution in [2.75, 3.05) is 26.7 Å². The molecule has 0 saturated carbocycles. The van der Waals surface area contributed by atoms with Gasteiger partial charge in [0.05, 0.1) is 14.9 Å². The highest BCUT2D eigenvalue weighted by atomic mass is 35.5. The smallest absolute Gasteiger partial charge is 0.410 e. The van der Waals surface area contributed by atoms with Gasteiger partial charge in [-0.15, -0.1) is 22.7 Å². The maximum absolute atomic E-state index is 13.2. The molecule has 1 saturated heterocycles. The van der Waals surface area contributed by atoms with Gasteiger partial charge in [-0.1, -0.05) is 11.6 Å². The first kappa shape index (κ1) is 23.0. The van der Waals surface area contributed by atoms with Crippen LogP contribution in [0.1, 0.15) is 49.0 Å². The normalized spacial score (nSPS) is 17.1. The summed E-state index contributed by atoms with van der Waals surface area (Å²) in [6.07, 6.45) is 1.57. The monoisotopic (exact) mass is 469 g/mol. The SMILES string of the molecule is Cc1nc(-c2ccc(Cl)s2)sc1C(=O)N1CCCC(CN(C)C(=O)OC(C)(C)C)C1. The highest BCUT2D eigenvalue weighted by Crippen LogP contribution is 2.35. The summed E-state index contributed by atoms with van der Waals surface area (Å²) in [5, 5.41) is 0.825. The minimum absolute atomic E-state index is 0.0172. The van der Waals surface area contributed by atoms with E-state index in [1.165, 1.54) is 22.7 Å². The topological polar surface area (TPSA) is 62.7 Å². The molecule has 3 rings (SSSR count). The van der Waals surface area contributed by atoms with Crippen LogP contribution in [-0.4, -0.2) is 59.1 Å². The van der Waals surface area contributed by atoms with E-state index in [0.717, 1.165) is 35.0 Å². The second kappa shape index (κ2) is 9.24. The van der Waals surface area contributed by atoms with Gasteiger partial charge >= 0.3 is 6.09 Å². The Morgan fingerprint density at radius 1 is 1.33 bits per heavy atom. The number of carbonyl (C=O) groups is 2. The fourth-order valence-corrected chi connectivity index (χ4v) is 5.61. The summed E-state index contributed by atoms with van der Waals surface area (Å²) >= 11 is 8.92. The van der Waals surface area contributed by atoms with E-state index in [1.807, 2.05) is 44.7 Å². The molecule has 0 N–H and O–H groups in total. The van der Waals surface area contributed by atoms with Crippen LogP contribution in [0, 0.1) is 12.8 Å². The molecule has 1 unspecified atom stereocenters. The van der Waals surface area contributed by atoms with Crippen molar-refractivity contribution in [3.8, 4) is 9.88 Å². The van der Waals surface area contributed by atoms with Crippen LogP contribution < -0.4 is 0 Å². The zero-order valence-electron chi connectivity index (χ0n) is 18.0. The minimum Gasteiger partial charge on any atom is -0.444 e. The maximum atomic E-state index is 13.2. The lowest BCUT2D eigenvalue weighted by atomic mass is 9.97. The Hall–Kier alpha value is -1.64. The third-order valence-electron chi connectivity index (χ3n) is 4.82. The Morgan fingerprint density at radius 2 is 2.07 bits per heavy atom. The Bertz CT molecular complexity index is 919. The molecule has 0 radical (unpaired) electrons. The van der Waals surface area contributed by atoms with E-state index in [4.69, 9.17) is 16.3 Å². The number of carbonyl (C=O) groups excluding carboxylic acids is 2. The molecule has 3 heterocycles. The third-order valence-corrected chi connectivity index (χ3v) is 7.36. The lowest BCUT2D eigenvalue weighted by Crippen LogP contribution is -2.45. The number of thiophene rings is 1. The van der Waals surface area contributed by atoms with Crippen LogP contribution >= 0.6 is 34.3 Å². The van der Waals surface area contributed by atoms with Crippen molar-refractivity contribution in [1.82, 2.24) is 14.8 Å². The summed E-state index contributed by atoms with van der Waals surface area (Å²) in [6, 6.07) is 3.78. The molecule has 1 atom stereocenters. The van der Waals surface area contributed by atoms with Crippen LogP contribution in [0.15, 0.2) is 12.1 Å². The third kappa shape index (κ3) is 5.74. The van der Waals surface area contributed by atoms with Crippen molar-refractivity contribution in [3.05, 3.63) is 27.0 Å². The van der Waals surface area contributed by atoms with Gasteiger partial charge in [-0.05, 0) is 58.6 Å². The Labute approximate surface area is 190 Å². The number of thiazole rings is 1. The van der Waals surface area contributed by atoms with Crippen LogP contribution in [0.3, 0.4) is 0 Å². The largest absolute Gasteiger partial charge is 0.444 e. The summed E-state index contributed by atoms with van der Waals surface area (Å²) in [4.78, 5) is 35.2. The molecule has 164 valence electrons. The second-order valence-corrected chi connectivity index (χ2v) is 11.4. The van der Waals surface area contributed by atoms with Crippen molar-refractivity contribution in [3.63, 3.8) is 0 Å². The van der Waals surface area contributed by atoms with Gasteiger partial charge in [-0.2, -0.15) is 0 Å². The average molecular weight is 470 g/mol. The van der Waals surface area contributed by atoms with Gasteiger partial charge in [0.25, 0.3) is 5.91 Å². The van der Waals surface area contributed by atoms with E-state index in [0.29, 0.717) is 22.3 Å². The number of rotatable bonds is 4. The van der Waals surface area contributed by atoms with E-state index < -0.39 is 5.60 Å². The summed E-state index contributed by atoms with van der Waals surface area (Å²) < 4.78 is 6.15. The number of nitrogens with zero attached hydrogens (tertiary/aromatic N) is 3. The maximum Gasteiger partial charge on any atom is 0.410 e. The molecule has 0 bridgehead atoms. The molecule has 9 heteroatoms. The molecule has 1 aliphatic heterocycles. The van der Waals surface area contributed by atoms with E-state index in [-0.39, 0.29) is 17.9 Å². The van der Waals surface area contributed by atoms with Gasteiger partial charge in [-0.3, -0.25) is 4.79 Å². The second-order valence-electron chi connectivity index (χ2n) is 8.66. The molecule has 0 spiro atoms. The first-order chi connectivity index (χ1) is 14.0. The van der Waals surface area contributed by atoms with Crippen molar-refractivity contribution in [1.29, 1.82) is 0 Å². The number of aryl methyl sites for hydroxylation is 1. The first-order valence-corrected chi connectivity index (χ1v) is 12.0. The van der Waals surface area contributed by atoms with Gasteiger partial charge in [0.1, 0.15) is 15.5 Å². The highest BCUT2D eigenvalue weighted by molar-refractivity contribution is 7.24. The van der Waals surface area contributed by atoms with Crippen LogP contribution in [0.25, 0.3) is 9.88 Å². The summed E-state index contributed by atoms with van der Waals surface area (Å²) in [5.41, 5.74) is 0.228. The van der Waals surface area contributed by atoms with Crippen molar-refractivity contribution >= 4 is 46.3 Å². The van der Waals surface area contributed by atoms with E-state index in [1.54, 1.807) is 11.9 Å². The molecule has 2 amide bonds. The van der Waals surface area contributed by atoms with Crippen LogP contribution in [-0.2, 0) is 4.74 Å². The number of hydrogen-bond donors (Lipinski definition) is 0. The molecule has 2 aromatic rings. The van der Waals surface area contributed by atoms with Gasteiger partial charge in [0, 0.05) is 26.7 Å². The standard InChI is InChI=1S/C21H28ClN3O3S2/c1-13-17(30-18(23-13)15-8-9-16(22)29-15)19(26)25-10-6-7-14(12-25)11-24(5)20(27)28-21(2,3)4/h8-9,14H,6-7,10-12H2,1-5H3. The average Bonchev–Trinajstić information content (AvgIpc) is 3.25. The Balaban J connectivity index is 1.65. The molecule has 2 aromatic heterocycles. The molecule has 0 aliphatic carbocycles. The number of amides is 2. The van der Waals surface area contributed by atoms with Crippen LogP contribution in [0.5, 0.6) is 0 Å².